The molecule has 0 saturated heterocycles. The molecule has 0 radical (unpaired) electrons. The smallest absolute Gasteiger partial charge is 0.126 e. The normalized spacial score (nSPS) is 10.8. The van der Waals surface area contributed by atoms with Gasteiger partial charge in [-0.25, -0.2) is 9.37 Å². The molecule has 90 valence electrons. The van der Waals surface area contributed by atoms with Gasteiger partial charge in [0.1, 0.15) is 5.82 Å². The Bertz CT molecular complexity index is 508. The number of likely N-dealkylation sites (N-methyl/N-ethyl adjacent to an activating group) is 1. The number of halogens is 1. The van der Waals surface area contributed by atoms with E-state index in [1.54, 1.807) is 24.3 Å². The second-order valence-electron chi connectivity index (χ2n) is 3.94. The maximum absolute atomic E-state index is 13.2. The monoisotopic (exact) mass is 250 g/mol. The third kappa shape index (κ3) is 2.90. The highest BCUT2D eigenvalue weighted by molar-refractivity contribution is 7.15. The number of rotatable bonds is 4. The Balaban J connectivity index is 2.21. The Morgan fingerprint density at radius 3 is 2.94 bits per heavy atom. The Morgan fingerprint density at radius 1 is 1.41 bits per heavy atom. The highest BCUT2D eigenvalue weighted by atomic mass is 32.1. The molecule has 0 aliphatic heterocycles. The molecule has 1 heterocycles. The maximum Gasteiger partial charge on any atom is 0.126 e. The van der Waals surface area contributed by atoms with Gasteiger partial charge in [0.2, 0.25) is 0 Å². The van der Waals surface area contributed by atoms with Crippen LogP contribution >= 0.6 is 11.3 Å². The molecule has 0 saturated carbocycles. The van der Waals surface area contributed by atoms with Crippen LogP contribution in [0.2, 0.25) is 0 Å². The zero-order chi connectivity index (χ0) is 12.3. The summed E-state index contributed by atoms with van der Waals surface area (Å²) in [5.74, 6) is -0.159. The molecule has 0 amide bonds. The van der Waals surface area contributed by atoms with Crippen LogP contribution in [0.1, 0.15) is 10.6 Å². The van der Waals surface area contributed by atoms with Crippen molar-refractivity contribution in [1.29, 1.82) is 0 Å². The summed E-state index contributed by atoms with van der Waals surface area (Å²) in [5, 5.41) is 4.21. The Kier molecular flexibility index (Phi) is 3.86. The van der Waals surface area contributed by atoms with Gasteiger partial charge in [-0.3, -0.25) is 0 Å². The van der Waals surface area contributed by atoms with Crippen LogP contribution in [-0.2, 0) is 6.42 Å². The van der Waals surface area contributed by atoms with Crippen LogP contribution in [0.15, 0.2) is 24.4 Å². The lowest BCUT2D eigenvalue weighted by atomic mass is 10.1. The average molecular weight is 250 g/mol. The van der Waals surface area contributed by atoms with Gasteiger partial charge in [0.25, 0.3) is 0 Å². The number of aromatic nitrogens is 1. The van der Waals surface area contributed by atoms with Crippen LogP contribution in [0.5, 0.6) is 0 Å². The molecule has 0 fully saturated rings. The Hall–Kier alpha value is -1.26. The molecule has 0 aliphatic carbocycles. The van der Waals surface area contributed by atoms with Gasteiger partial charge in [-0.1, -0.05) is 6.07 Å². The van der Waals surface area contributed by atoms with Crippen molar-refractivity contribution in [3.05, 3.63) is 40.8 Å². The van der Waals surface area contributed by atoms with Crippen molar-refractivity contribution in [2.45, 2.75) is 13.3 Å². The number of nitrogens with one attached hydrogen (secondary N) is 1. The Labute approximate surface area is 105 Å². The second kappa shape index (κ2) is 5.38. The van der Waals surface area contributed by atoms with Crippen molar-refractivity contribution in [3.63, 3.8) is 0 Å². The molecule has 1 N–H and O–H groups in total. The molecule has 0 bridgehead atoms. The zero-order valence-corrected chi connectivity index (χ0v) is 10.8. The van der Waals surface area contributed by atoms with Crippen molar-refractivity contribution in [2.24, 2.45) is 0 Å². The van der Waals surface area contributed by atoms with Crippen molar-refractivity contribution < 1.29 is 4.39 Å². The number of benzene rings is 1. The van der Waals surface area contributed by atoms with Crippen molar-refractivity contribution in [2.75, 3.05) is 13.6 Å². The largest absolute Gasteiger partial charge is 0.319 e. The fourth-order valence-corrected chi connectivity index (χ4v) is 2.50. The molecule has 0 atom stereocenters. The SMILES string of the molecule is CNCCc1ncc(-c2ccc(F)c(C)c2)s1. The second-order valence-corrected chi connectivity index (χ2v) is 5.05. The van der Waals surface area contributed by atoms with E-state index in [1.807, 2.05) is 19.3 Å². The first-order chi connectivity index (χ1) is 8.20. The van der Waals surface area contributed by atoms with Crippen LogP contribution in [-0.4, -0.2) is 18.6 Å². The summed E-state index contributed by atoms with van der Waals surface area (Å²) >= 11 is 1.67. The summed E-state index contributed by atoms with van der Waals surface area (Å²) in [6.07, 6.45) is 2.80. The van der Waals surface area contributed by atoms with Crippen LogP contribution in [0.3, 0.4) is 0 Å². The predicted molar refractivity (Wildman–Crippen MR) is 69.9 cm³/mol. The van der Waals surface area contributed by atoms with Crippen LogP contribution in [0.4, 0.5) is 4.39 Å². The number of hydrogen-bond acceptors (Lipinski definition) is 3. The van der Waals surface area contributed by atoms with Gasteiger partial charge in [0.05, 0.1) is 9.88 Å². The minimum Gasteiger partial charge on any atom is -0.319 e. The van der Waals surface area contributed by atoms with E-state index in [0.29, 0.717) is 5.56 Å². The summed E-state index contributed by atoms with van der Waals surface area (Å²) in [5.41, 5.74) is 1.71. The zero-order valence-electron chi connectivity index (χ0n) is 9.96. The first-order valence-corrected chi connectivity index (χ1v) is 6.38. The maximum atomic E-state index is 13.2. The van der Waals surface area contributed by atoms with Crippen molar-refractivity contribution >= 4 is 11.3 Å². The molecule has 2 aromatic rings. The van der Waals surface area contributed by atoms with Gasteiger partial charge in [0.15, 0.2) is 0 Å². The molecule has 4 heteroatoms. The number of aryl methyl sites for hydroxylation is 1. The van der Waals surface area contributed by atoms with E-state index in [2.05, 4.69) is 10.3 Å². The Morgan fingerprint density at radius 2 is 2.24 bits per heavy atom. The van der Waals surface area contributed by atoms with E-state index in [1.165, 1.54) is 6.07 Å². The quantitative estimate of drug-likeness (QED) is 0.902. The van der Waals surface area contributed by atoms with E-state index in [0.717, 1.165) is 28.4 Å². The van der Waals surface area contributed by atoms with Crippen molar-refractivity contribution in [3.8, 4) is 10.4 Å². The minimum absolute atomic E-state index is 0.159. The molecule has 17 heavy (non-hydrogen) atoms. The topological polar surface area (TPSA) is 24.9 Å². The first kappa shape index (κ1) is 12.2. The summed E-state index contributed by atoms with van der Waals surface area (Å²) in [4.78, 5) is 5.46. The summed E-state index contributed by atoms with van der Waals surface area (Å²) in [6.45, 7) is 2.71. The third-order valence-electron chi connectivity index (χ3n) is 2.58. The fraction of sp³-hybridized carbons (Fsp3) is 0.308. The molecule has 2 nitrogen and oxygen atoms in total. The van der Waals surface area contributed by atoms with Crippen LogP contribution in [0, 0.1) is 12.7 Å². The van der Waals surface area contributed by atoms with E-state index in [4.69, 9.17) is 0 Å². The lowest BCUT2D eigenvalue weighted by Crippen LogP contribution is -2.09. The van der Waals surface area contributed by atoms with E-state index in [-0.39, 0.29) is 5.82 Å². The standard InChI is InChI=1S/C13H15FN2S/c1-9-7-10(3-4-11(9)14)12-8-16-13(17-12)5-6-15-2/h3-4,7-8,15H,5-6H2,1-2H3. The highest BCUT2D eigenvalue weighted by Crippen LogP contribution is 2.27. The van der Waals surface area contributed by atoms with E-state index < -0.39 is 0 Å². The van der Waals surface area contributed by atoms with Gasteiger partial charge in [-0.2, -0.15) is 0 Å². The van der Waals surface area contributed by atoms with Gasteiger partial charge >= 0.3 is 0 Å². The van der Waals surface area contributed by atoms with Gasteiger partial charge in [-0.15, -0.1) is 11.3 Å². The van der Waals surface area contributed by atoms with Gasteiger partial charge < -0.3 is 5.32 Å². The van der Waals surface area contributed by atoms with E-state index in [9.17, 15) is 4.39 Å². The third-order valence-corrected chi connectivity index (χ3v) is 3.69. The van der Waals surface area contributed by atoms with Crippen molar-refractivity contribution in [1.82, 2.24) is 10.3 Å². The molecule has 0 unspecified atom stereocenters. The predicted octanol–water partition coefficient (Wildman–Crippen LogP) is 3.02. The lowest BCUT2D eigenvalue weighted by molar-refractivity contribution is 0.619. The highest BCUT2D eigenvalue weighted by Gasteiger charge is 2.06. The molecule has 1 aromatic carbocycles. The minimum atomic E-state index is -0.159. The molecular weight excluding hydrogens is 235 g/mol. The summed E-state index contributed by atoms with van der Waals surface area (Å²) < 4.78 is 13.2. The van der Waals surface area contributed by atoms with E-state index >= 15 is 0 Å². The molecule has 1 aromatic heterocycles. The van der Waals surface area contributed by atoms with Gasteiger partial charge in [-0.05, 0) is 37.2 Å². The molecule has 2 rings (SSSR count). The summed E-state index contributed by atoms with van der Waals surface area (Å²) in [7, 11) is 1.93. The van der Waals surface area contributed by atoms with Crippen LogP contribution in [0.25, 0.3) is 10.4 Å². The lowest BCUT2D eigenvalue weighted by Gasteiger charge is -2.00. The molecule has 0 spiro atoms. The number of thiazole rings is 1. The number of nitrogens with zero attached hydrogens (tertiary/aromatic N) is 1. The molecule has 0 aliphatic rings. The summed E-state index contributed by atoms with van der Waals surface area (Å²) in [6, 6.07) is 5.18. The number of hydrogen-bond donors (Lipinski definition) is 1. The van der Waals surface area contributed by atoms with Crippen LogP contribution < -0.4 is 5.32 Å². The average Bonchev–Trinajstić information content (AvgIpc) is 2.79. The fourth-order valence-electron chi connectivity index (χ4n) is 1.59. The van der Waals surface area contributed by atoms with Gasteiger partial charge in [0, 0.05) is 19.2 Å². The first-order valence-electron chi connectivity index (χ1n) is 5.56. The molecular formula is C13H15FN2S.